The molecule has 0 aromatic carbocycles. The molecule has 8 atom stereocenters. The number of amides is 1. The Morgan fingerprint density at radius 2 is 1.88 bits per heavy atom. The minimum atomic E-state index is -0.113. The van der Waals surface area contributed by atoms with Gasteiger partial charge in [-0.3, -0.25) is 4.79 Å². The third-order valence-electron chi connectivity index (χ3n) is 11.9. The van der Waals surface area contributed by atoms with Crippen LogP contribution in [0, 0.1) is 40.4 Å². The predicted molar refractivity (Wildman–Crippen MR) is 138 cm³/mol. The normalized spacial score (nSPS) is 43.3. The maximum Gasteiger partial charge on any atom is 0.222 e. The van der Waals surface area contributed by atoms with E-state index >= 15 is 0 Å². The summed E-state index contributed by atoms with van der Waals surface area (Å²) in [6, 6.07) is 0.430. The van der Waals surface area contributed by atoms with Crippen LogP contribution in [-0.2, 0) is 4.79 Å². The topological polar surface area (TPSA) is 52.6 Å². The van der Waals surface area contributed by atoms with Crippen LogP contribution in [-0.4, -0.2) is 48.2 Å². The molecule has 0 bridgehead atoms. The number of fused-ring (bicyclic) bond motifs is 5. The molecule has 5 rings (SSSR count). The number of rotatable bonds is 5. The lowest BCUT2D eigenvalue weighted by molar-refractivity contribution is -0.133. The molecule has 0 aromatic heterocycles. The Bertz CT molecular complexity index is 789. The molecule has 192 valence electrons. The zero-order valence-corrected chi connectivity index (χ0v) is 22.3. The molecule has 0 spiro atoms. The summed E-state index contributed by atoms with van der Waals surface area (Å²) in [5.41, 5.74) is 2.36. The van der Waals surface area contributed by atoms with Gasteiger partial charge in [0.15, 0.2) is 0 Å². The fourth-order valence-electron chi connectivity index (χ4n) is 9.74. The first-order chi connectivity index (χ1) is 16.2. The van der Waals surface area contributed by atoms with Crippen molar-refractivity contribution in [2.75, 3.05) is 20.1 Å². The third-order valence-corrected chi connectivity index (χ3v) is 11.9. The number of allylic oxidation sites excluding steroid dienone is 1. The fraction of sp³-hybridized carbons (Fsp3) is 0.900. The van der Waals surface area contributed by atoms with E-state index in [9.17, 15) is 9.90 Å². The van der Waals surface area contributed by atoms with E-state index in [0.717, 1.165) is 75.3 Å². The van der Waals surface area contributed by atoms with Gasteiger partial charge >= 0.3 is 0 Å². The van der Waals surface area contributed by atoms with E-state index in [1.165, 1.54) is 38.5 Å². The van der Waals surface area contributed by atoms with Crippen LogP contribution in [0.25, 0.3) is 0 Å². The minimum absolute atomic E-state index is 0.113. The fourth-order valence-corrected chi connectivity index (χ4v) is 9.74. The highest BCUT2D eigenvalue weighted by Crippen LogP contribution is 2.67. The summed E-state index contributed by atoms with van der Waals surface area (Å²) < 4.78 is 0. The largest absolute Gasteiger partial charge is 0.393 e. The van der Waals surface area contributed by atoms with E-state index in [0.29, 0.717) is 28.7 Å². The van der Waals surface area contributed by atoms with Crippen LogP contribution in [0.3, 0.4) is 0 Å². The van der Waals surface area contributed by atoms with E-state index in [4.69, 9.17) is 0 Å². The van der Waals surface area contributed by atoms with E-state index in [2.05, 4.69) is 37.1 Å². The third kappa shape index (κ3) is 4.19. The Morgan fingerprint density at radius 1 is 1.12 bits per heavy atom. The first-order valence-corrected chi connectivity index (χ1v) is 14.6. The van der Waals surface area contributed by atoms with Crippen LogP contribution in [0.4, 0.5) is 0 Å². The Labute approximate surface area is 208 Å². The summed E-state index contributed by atoms with van der Waals surface area (Å²) in [7, 11) is 2.03. The van der Waals surface area contributed by atoms with Gasteiger partial charge in [0.05, 0.1) is 6.10 Å². The molecule has 1 aliphatic heterocycles. The second kappa shape index (κ2) is 9.54. The number of carbonyl (C=O) groups excluding carboxylic acids is 1. The molecule has 1 heterocycles. The van der Waals surface area contributed by atoms with Crippen molar-refractivity contribution in [1.29, 1.82) is 0 Å². The van der Waals surface area contributed by atoms with Crippen LogP contribution >= 0.6 is 0 Å². The van der Waals surface area contributed by atoms with Crippen molar-refractivity contribution in [2.24, 2.45) is 40.4 Å². The van der Waals surface area contributed by atoms with Crippen molar-refractivity contribution in [3.63, 3.8) is 0 Å². The van der Waals surface area contributed by atoms with E-state index in [1.54, 1.807) is 5.57 Å². The van der Waals surface area contributed by atoms with Crippen molar-refractivity contribution in [3.05, 3.63) is 11.6 Å². The second-order valence-electron chi connectivity index (χ2n) is 13.4. The summed E-state index contributed by atoms with van der Waals surface area (Å²) in [6.45, 7) is 9.68. The molecule has 7 unspecified atom stereocenters. The number of nitrogens with zero attached hydrogens (tertiary/aromatic N) is 1. The van der Waals surface area contributed by atoms with Gasteiger partial charge in [-0.1, -0.05) is 32.4 Å². The lowest BCUT2D eigenvalue weighted by Crippen LogP contribution is -2.50. The zero-order chi connectivity index (χ0) is 24.1. The van der Waals surface area contributed by atoms with E-state index in [-0.39, 0.29) is 6.10 Å². The summed E-state index contributed by atoms with van der Waals surface area (Å²) in [4.78, 5) is 15.0. The average Bonchev–Trinajstić information content (AvgIpc) is 3.20. The van der Waals surface area contributed by atoms with Crippen molar-refractivity contribution in [2.45, 2.75) is 110 Å². The van der Waals surface area contributed by atoms with Crippen molar-refractivity contribution < 1.29 is 9.90 Å². The van der Waals surface area contributed by atoms with Gasteiger partial charge in [-0.15, -0.1) is 0 Å². The smallest absolute Gasteiger partial charge is 0.222 e. The number of carbonyl (C=O) groups is 1. The molecule has 3 saturated carbocycles. The van der Waals surface area contributed by atoms with Gasteiger partial charge in [0.1, 0.15) is 0 Å². The van der Waals surface area contributed by atoms with Gasteiger partial charge in [0, 0.05) is 19.5 Å². The number of aliphatic hydroxyl groups excluding tert-OH is 1. The molecular formula is C30H50N2O2. The molecule has 34 heavy (non-hydrogen) atoms. The zero-order valence-electron chi connectivity index (χ0n) is 22.3. The average molecular weight is 471 g/mol. The number of hydrogen-bond donors (Lipinski definition) is 2. The maximum absolute atomic E-state index is 13.0. The van der Waals surface area contributed by atoms with Crippen LogP contribution in [0.15, 0.2) is 11.6 Å². The molecular weight excluding hydrogens is 420 g/mol. The molecule has 1 saturated heterocycles. The monoisotopic (exact) mass is 470 g/mol. The van der Waals surface area contributed by atoms with Crippen molar-refractivity contribution in [3.8, 4) is 0 Å². The molecule has 4 fully saturated rings. The molecule has 0 radical (unpaired) electrons. The first-order valence-electron chi connectivity index (χ1n) is 14.6. The van der Waals surface area contributed by atoms with Gasteiger partial charge in [-0.2, -0.15) is 0 Å². The van der Waals surface area contributed by atoms with E-state index in [1.807, 2.05) is 7.05 Å². The molecule has 4 nitrogen and oxygen atoms in total. The lowest BCUT2D eigenvalue weighted by atomic mass is 9.47. The number of aliphatic hydroxyl groups is 1. The quantitative estimate of drug-likeness (QED) is 0.518. The first kappa shape index (κ1) is 24.8. The highest BCUT2D eigenvalue weighted by atomic mass is 16.3. The molecule has 0 aromatic rings. The number of nitrogens with one attached hydrogen (secondary N) is 1. The van der Waals surface area contributed by atoms with Gasteiger partial charge in [-0.25, -0.2) is 0 Å². The molecule has 1 amide bonds. The molecule has 4 aliphatic carbocycles. The highest BCUT2D eigenvalue weighted by Gasteiger charge is 2.59. The van der Waals surface area contributed by atoms with Crippen molar-refractivity contribution in [1.82, 2.24) is 10.2 Å². The van der Waals surface area contributed by atoms with Gasteiger partial charge in [-0.05, 0) is 124 Å². The van der Waals surface area contributed by atoms with Crippen LogP contribution < -0.4 is 5.32 Å². The van der Waals surface area contributed by atoms with Crippen molar-refractivity contribution >= 4 is 5.91 Å². The lowest BCUT2D eigenvalue weighted by Gasteiger charge is -2.58. The standard InChI is InChI=1S/C30H50N2O2/c1-20(5-10-28(34)32(4)22-13-17-31-18-14-22)25-8-9-26-24-7-6-21-19-23(33)11-15-29(21,2)27(24)12-16-30(25,26)3/h6,20,22-27,31,33H,5,7-19H2,1-4H3/t20-,23?,24?,25?,26?,27?,29?,30?/m1/s1. The molecule has 5 aliphatic rings. The summed E-state index contributed by atoms with van der Waals surface area (Å²) in [6.07, 6.45) is 16.2. The molecule has 4 heteroatoms. The Morgan fingerprint density at radius 3 is 2.65 bits per heavy atom. The van der Waals surface area contributed by atoms with Crippen LogP contribution in [0.5, 0.6) is 0 Å². The van der Waals surface area contributed by atoms with Gasteiger partial charge < -0.3 is 15.3 Å². The van der Waals surface area contributed by atoms with E-state index < -0.39 is 0 Å². The number of piperidine rings is 1. The highest BCUT2D eigenvalue weighted by molar-refractivity contribution is 5.76. The minimum Gasteiger partial charge on any atom is -0.393 e. The van der Waals surface area contributed by atoms with Gasteiger partial charge in [0.2, 0.25) is 5.91 Å². The number of hydrogen-bond acceptors (Lipinski definition) is 3. The summed E-state index contributed by atoms with van der Waals surface area (Å²) >= 11 is 0. The Hall–Kier alpha value is -0.870. The molecule has 2 N–H and O–H groups in total. The predicted octanol–water partition coefficient (Wildman–Crippen LogP) is 5.55. The Kier molecular flexibility index (Phi) is 6.96. The SMILES string of the molecule is C[C@H](CCC(=O)N(C)C1CCNCC1)C1CCC2C3CC=C4CC(O)CCC4(C)C3CCC21C. The van der Waals surface area contributed by atoms with Crippen LogP contribution in [0.2, 0.25) is 0 Å². The van der Waals surface area contributed by atoms with Gasteiger partial charge in [0.25, 0.3) is 0 Å². The second-order valence-corrected chi connectivity index (χ2v) is 13.4. The van der Waals surface area contributed by atoms with Crippen LogP contribution in [0.1, 0.15) is 97.8 Å². The maximum atomic E-state index is 13.0. The summed E-state index contributed by atoms with van der Waals surface area (Å²) in [5, 5.41) is 13.7. The summed E-state index contributed by atoms with van der Waals surface area (Å²) in [5.74, 6) is 4.24. The Balaban J connectivity index is 1.22.